The fourth-order valence-corrected chi connectivity index (χ4v) is 7.07. The summed E-state index contributed by atoms with van der Waals surface area (Å²) in [5.41, 5.74) is 2.67. The van der Waals surface area contributed by atoms with Crippen molar-refractivity contribution >= 4 is 0 Å². The van der Waals surface area contributed by atoms with Gasteiger partial charge in [-0.1, -0.05) is 39.2 Å². The normalized spacial score (nSPS) is 47.8. The van der Waals surface area contributed by atoms with Gasteiger partial charge in [0.1, 0.15) is 0 Å². The van der Waals surface area contributed by atoms with Crippen LogP contribution in [0.2, 0.25) is 0 Å². The van der Waals surface area contributed by atoms with Crippen LogP contribution in [0.4, 0.5) is 0 Å². The minimum atomic E-state index is 0.605. The zero-order valence-electron chi connectivity index (χ0n) is 15.6. The van der Waals surface area contributed by atoms with Crippen LogP contribution in [0.25, 0.3) is 0 Å². The Morgan fingerprint density at radius 2 is 1.82 bits per heavy atom. The molecule has 0 spiro atoms. The van der Waals surface area contributed by atoms with Gasteiger partial charge in [0.05, 0.1) is 0 Å². The van der Waals surface area contributed by atoms with Crippen LogP contribution in [0.5, 0.6) is 0 Å². The molecule has 0 aromatic carbocycles. The Morgan fingerprint density at radius 1 is 1.05 bits per heavy atom. The molecule has 126 valence electrons. The third kappa shape index (κ3) is 2.59. The summed E-state index contributed by atoms with van der Waals surface area (Å²) < 4.78 is 0. The second-order valence-corrected chi connectivity index (χ2v) is 9.61. The topological polar surface area (TPSA) is 0 Å². The first-order valence-electron chi connectivity index (χ1n) is 10.0. The van der Waals surface area contributed by atoms with E-state index in [4.69, 9.17) is 0 Å². The van der Waals surface area contributed by atoms with Crippen LogP contribution in [-0.4, -0.2) is 0 Å². The van der Waals surface area contributed by atoms with Crippen molar-refractivity contribution in [1.29, 1.82) is 0 Å². The molecular weight excluding hydrogens is 264 g/mol. The van der Waals surface area contributed by atoms with E-state index >= 15 is 0 Å². The largest absolute Gasteiger partial charge is 0.100 e. The fourth-order valence-electron chi connectivity index (χ4n) is 7.07. The number of hydrogen-bond donors (Lipinski definition) is 0. The number of fused-ring (bicyclic) bond motifs is 3. The third-order valence-corrected chi connectivity index (χ3v) is 8.43. The molecule has 0 N–H and O–H groups in total. The van der Waals surface area contributed by atoms with Gasteiger partial charge in [0.2, 0.25) is 0 Å². The van der Waals surface area contributed by atoms with Gasteiger partial charge in [-0.2, -0.15) is 0 Å². The lowest BCUT2D eigenvalue weighted by Crippen LogP contribution is -2.48. The van der Waals surface area contributed by atoms with Gasteiger partial charge >= 0.3 is 0 Å². The third-order valence-electron chi connectivity index (χ3n) is 8.43. The van der Waals surface area contributed by atoms with E-state index in [1.54, 1.807) is 0 Å². The molecule has 3 saturated carbocycles. The Labute approximate surface area is 139 Å². The van der Waals surface area contributed by atoms with E-state index in [0.29, 0.717) is 10.8 Å². The second-order valence-electron chi connectivity index (χ2n) is 9.61. The van der Waals surface area contributed by atoms with E-state index in [0.717, 1.165) is 23.7 Å². The molecule has 6 atom stereocenters. The summed E-state index contributed by atoms with van der Waals surface area (Å²) in [5.74, 6) is 4.11. The zero-order valence-corrected chi connectivity index (χ0v) is 15.6. The summed E-state index contributed by atoms with van der Waals surface area (Å²) in [5, 5.41) is 0. The number of hydrogen-bond acceptors (Lipinski definition) is 0. The van der Waals surface area contributed by atoms with Gasteiger partial charge in [0.25, 0.3) is 0 Å². The maximum atomic E-state index is 4.16. The molecule has 0 saturated heterocycles. The van der Waals surface area contributed by atoms with Crippen LogP contribution in [0.3, 0.4) is 0 Å². The molecule has 0 aliphatic heterocycles. The van der Waals surface area contributed by atoms with Gasteiger partial charge in [-0.15, -0.1) is 6.58 Å². The highest BCUT2D eigenvalue weighted by Crippen LogP contribution is 2.65. The van der Waals surface area contributed by atoms with Crippen LogP contribution in [0.15, 0.2) is 12.2 Å². The first-order chi connectivity index (χ1) is 10.4. The average molecular weight is 303 g/mol. The standard InChI is InChI=1S/C22H38/c1-6-17-9-10-20-18-8-7-13-21(4,14-11-16(2)3)19(18)12-15-22(17,20)5/h17-20H,2,6-15H2,1,3-5H3. The maximum absolute atomic E-state index is 4.16. The Bertz CT molecular complexity index is 422. The SMILES string of the molecule is C=C(C)CCC1(C)CCCC2C1CCC1(C)C(CC)CCC21. The van der Waals surface area contributed by atoms with Crippen molar-refractivity contribution in [2.75, 3.05) is 0 Å². The van der Waals surface area contributed by atoms with Gasteiger partial charge in [-0.05, 0) is 92.8 Å². The first kappa shape index (κ1) is 16.6. The molecule has 0 aromatic rings. The van der Waals surface area contributed by atoms with Gasteiger partial charge in [-0.3, -0.25) is 0 Å². The molecule has 0 heterocycles. The molecule has 0 nitrogen and oxygen atoms in total. The van der Waals surface area contributed by atoms with Crippen LogP contribution < -0.4 is 0 Å². The number of allylic oxidation sites excluding steroid dienone is 1. The van der Waals surface area contributed by atoms with E-state index in [2.05, 4.69) is 34.3 Å². The monoisotopic (exact) mass is 302 g/mol. The van der Waals surface area contributed by atoms with Crippen molar-refractivity contribution in [3.8, 4) is 0 Å². The van der Waals surface area contributed by atoms with E-state index < -0.39 is 0 Å². The smallest absolute Gasteiger partial charge is 0.0266 e. The minimum absolute atomic E-state index is 0.605. The lowest BCUT2D eigenvalue weighted by molar-refractivity contribution is -0.0711. The Morgan fingerprint density at radius 3 is 2.50 bits per heavy atom. The van der Waals surface area contributed by atoms with Gasteiger partial charge in [0.15, 0.2) is 0 Å². The van der Waals surface area contributed by atoms with Gasteiger partial charge in [-0.25, -0.2) is 0 Å². The van der Waals surface area contributed by atoms with E-state index in [9.17, 15) is 0 Å². The van der Waals surface area contributed by atoms with E-state index in [1.807, 2.05) is 0 Å². The molecule has 3 rings (SSSR count). The lowest BCUT2D eigenvalue weighted by atomic mass is 9.48. The minimum Gasteiger partial charge on any atom is -0.100 e. The predicted octanol–water partition coefficient (Wildman–Crippen LogP) is 7.00. The van der Waals surface area contributed by atoms with Gasteiger partial charge in [0, 0.05) is 0 Å². The van der Waals surface area contributed by atoms with Crippen molar-refractivity contribution in [2.45, 2.75) is 91.9 Å². The van der Waals surface area contributed by atoms with Crippen molar-refractivity contribution in [1.82, 2.24) is 0 Å². The molecule has 3 fully saturated rings. The van der Waals surface area contributed by atoms with Crippen LogP contribution in [-0.2, 0) is 0 Å². The molecule has 0 heteroatoms. The Kier molecular flexibility index (Phi) is 4.52. The van der Waals surface area contributed by atoms with Crippen molar-refractivity contribution < 1.29 is 0 Å². The summed E-state index contributed by atoms with van der Waals surface area (Å²) in [6.07, 6.45) is 14.6. The number of rotatable bonds is 4. The Hall–Kier alpha value is -0.260. The zero-order chi connectivity index (χ0) is 16.0. The van der Waals surface area contributed by atoms with Crippen LogP contribution in [0.1, 0.15) is 91.9 Å². The summed E-state index contributed by atoms with van der Waals surface area (Å²) in [7, 11) is 0. The molecule has 0 amide bonds. The molecule has 3 aliphatic carbocycles. The van der Waals surface area contributed by atoms with Crippen molar-refractivity contribution in [2.24, 2.45) is 34.5 Å². The summed E-state index contributed by atoms with van der Waals surface area (Å²) in [6.45, 7) is 14.1. The van der Waals surface area contributed by atoms with E-state index in [-0.39, 0.29) is 0 Å². The molecule has 0 aromatic heterocycles. The molecule has 0 bridgehead atoms. The maximum Gasteiger partial charge on any atom is -0.0266 e. The lowest BCUT2D eigenvalue weighted by Gasteiger charge is -2.57. The summed E-state index contributed by atoms with van der Waals surface area (Å²) >= 11 is 0. The highest BCUT2D eigenvalue weighted by molar-refractivity contribution is 5.07. The predicted molar refractivity (Wildman–Crippen MR) is 96.8 cm³/mol. The van der Waals surface area contributed by atoms with Crippen LogP contribution >= 0.6 is 0 Å². The summed E-state index contributed by atoms with van der Waals surface area (Å²) in [4.78, 5) is 0. The highest BCUT2D eigenvalue weighted by Gasteiger charge is 2.56. The first-order valence-corrected chi connectivity index (χ1v) is 10.0. The quantitative estimate of drug-likeness (QED) is 0.490. The second kappa shape index (κ2) is 5.99. The highest BCUT2D eigenvalue weighted by atomic mass is 14.6. The molecule has 6 unspecified atom stereocenters. The summed E-state index contributed by atoms with van der Waals surface area (Å²) in [6, 6.07) is 0. The van der Waals surface area contributed by atoms with Crippen molar-refractivity contribution in [3.63, 3.8) is 0 Å². The van der Waals surface area contributed by atoms with E-state index in [1.165, 1.54) is 69.8 Å². The van der Waals surface area contributed by atoms with Gasteiger partial charge < -0.3 is 0 Å². The molecule has 22 heavy (non-hydrogen) atoms. The Balaban J connectivity index is 1.79. The fraction of sp³-hybridized carbons (Fsp3) is 0.909. The van der Waals surface area contributed by atoms with Crippen LogP contribution in [0, 0.1) is 34.5 Å². The average Bonchev–Trinajstić information content (AvgIpc) is 2.82. The molecular formula is C22H38. The molecule has 3 aliphatic rings. The van der Waals surface area contributed by atoms with Crippen molar-refractivity contribution in [3.05, 3.63) is 12.2 Å². The molecule has 0 radical (unpaired) electrons.